The van der Waals surface area contributed by atoms with Crippen LogP contribution in [-0.2, 0) is 16.1 Å². The highest BCUT2D eigenvalue weighted by atomic mass is 79.9. The second-order valence-electron chi connectivity index (χ2n) is 9.84. The lowest BCUT2D eigenvalue weighted by Gasteiger charge is -2.34. The minimum atomic E-state index is -0.734. The molecule has 2 aromatic heterocycles. The first-order valence-corrected chi connectivity index (χ1v) is 13.4. The predicted octanol–water partition coefficient (Wildman–Crippen LogP) is 5.77. The van der Waals surface area contributed by atoms with Gasteiger partial charge in [0.15, 0.2) is 11.6 Å². The molecule has 1 amide bonds. The van der Waals surface area contributed by atoms with Crippen LogP contribution in [0.5, 0.6) is 11.6 Å². The number of pyridine rings is 1. The molecule has 38 heavy (non-hydrogen) atoms. The lowest BCUT2D eigenvalue weighted by Crippen LogP contribution is -2.43. The molecule has 0 unspecified atom stereocenters. The summed E-state index contributed by atoms with van der Waals surface area (Å²) in [5, 5.41) is 8.13. The number of carbonyl (C=O) groups excluding carboxylic acids is 2. The normalized spacial score (nSPS) is 17.3. The van der Waals surface area contributed by atoms with E-state index in [9.17, 15) is 9.59 Å². The van der Waals surface area contributed by atoms with Crippen molar-refractivity contribution in [2.75, 3.05) is 12.0 Å². The van der Waals surface area contributed by atoms with Crippen molar-refractivity contribution in [1.82, 2.24) is 20.0 Å². The molecule has 1 aromatic carbocycles. The summed E-state index contributed by atoms with van der Waals surface area (Å²) in [7, 11) is 1.24. The van der Waals surface area contributed by atoms with Crippen LogP contribution in [0, 0.1) is 17.7 Å². The smallest absolute Gasteiger partial charge is 0.340 e. The van der Waals surface area contributed by atoms with E-state index in [0.29, 0.717) is 16.9 Å². The second-order valence-corrected chi connectivity index (χ2v) is 10.7. The summed E-state index contributed by atoms with van der Waals surface area (Å²) in [6, 6.07) is 3.89. The summed E-state index contributed by atoms with van der Waals surface area (Å²) < 4.78 is 26.7. The van der Waals surface area contributed by atoms with Crippen LogP contribution in [0.2, 0.25) is 0 Å². The van der Waals surface area contributed by atoms with E-state index in [0.717, 1.165) is 37.3 Å². The molecule has 4 rings (SSSR count). The van der Waals surface area contributed by atoms with Crippen molar-refractivity contribution in [3.8, 4) is 11.6 Å². The lowest BCUT2D eigenvalue weighted by atomic mass is 9.82. The predicted molar refractivity (Wildman–Crippen MR) is 143 cm³/mol. The highest BCUT2D eigenvalue weighted by Crippen LogP contribution is 2.37. The number of nitrogens with zero attached hydrogens (tertiary/aromatic N) is 5. The van der Waals surface area contributed by atoms with Crippen LogP contribution >= 0.6 is 15.9 Å². The Balaban J connectivity index is 1.65. The van der Waals surface area contributed by atoms with E-state index in [4.69, 9.17) is 9.47 Å². The number of aromatic nitrogens is 4. The van der Waals surface area contributed by atoms with E-state index in [1.807, 2.05) is 13.8 Å². The van der Waals surface area contributed by atoms with Gasteiger partial charge in [-0.05, 0) is 73.0 Å². The summed E-state index contributed by atoms with van der Waals surface area (Å²) in [6.45, 7) is 6.26. The number of methoxy groups -OCH3 is 1. The Morgan fingerprint density at radius 2 is 1.84 bits per heavy atom. The van der Waals surface area contributed by atoms with Gasteiger partial charge in [-0.1, -0.05) is 6.92 Å². The number of ether oxygens (including phenoxy) is 2. The van der Waals surface area contributed by atoms with Crippen LogP contribution < -0.4 is 9.64 Å². The third kappa shape index (κ3) is 6.20. The van der Waals surface area contributed by atoms with E-state index < -0.39 is 11.8 Å². The molecule has 11 heteroatoms. The number of esters is 1. The Morgan fingerprint density at radius 3 is 2.45 bits per heavy atom. The first kappa shape index (κ1) is 27.7. The average molecular weight is 588 g/mol. The molecule has 1 fully saturated rings. The monoisotopic (exact) mass is 587 g/mol. The zero-order valence-electron chi connectivity index (χ0n) is 21.9. The summed E-state index contributed by atoms with van der Waals surface area (Å²) in [6.07, 6.45) is 8.20. The molecule has 0 saturated heterocycles. The molecule has 3 aromatic rings. The Bertz CT molecular complexity index is 1290. The fraction of sp³-hybridized carbons (Fsp3) is 0.444. The van der Waals surface area contributed by atoms with Crippen LogP contribution in [0.1, 0.15) is 62.4 Å². The SMILES string of the molecule is COC(=O)c1cc(Oc2ncc(Cn3nccn3)cc2Br)c(F)cc1N(C(=O)C1CCC(C)CC1)C(C)C. The Labute approximate surface area is 229 Å². The number of anilines is 1. The molecule has 0 N–H and O–H groups in total. The van der Waals surface area contributed by atoms with Crippen molar-refractivity contribution >= 4 is 33.5 Å². The fourth-order valence-corrected chi connectivity index (χ4v) is 5.15. The number of rotatable bonds is 8. The molecule has 0 aliphatic heterocycles. The first-order chi connectivity index (χ1) is 18.2. The maximum absolute atomic E-state index is 15.4. The van der Waals surface area contributed by atoms with Gasteiger partial charge < -0.3 is 14.4 Å². The highest BCUT2D eigenvalue weighted by Gasteiger charge is 2.33. The van der Waals surface area contributed by atoms with Crippen LogP contribution in [-0.4, -0.2) is 45.0 Å². The minimum absolute atomic E-state index is 0.0348. The third-order valence-electron chi connectivity index (χ3n) is 6.70. The standard InChI is InChI=1S/C27H31BrFN5O4/c1-16(2)34(26(35)19-7-5-17(3)6-8-19)23-13-22(29)24(12-20(23)27(36)37-4)38-25-21(28)11-18(14-30-25)15-33-31-9-10-32-33/h9-14,16-17,19H,5-8,15H2,1-4H3. The van der Waals surface area contributed by atoms with Gasteiger partial charge in [0, 0.05) is 30.3 Å². The highest BCUT2D eigenvalue weighted by molar-refractivity contribution is 9.10. The van der Waals surface area contributed by atoms with Crippen molar-refractivity contribution in [3.63, 3.8) is 0 Å². The van der Waals surface area contributed by atoms with Crippen molar-refractivity contribution in [1.29, 1.82) is 0 Å². The summed E-state index contributed by atoms with van der Waals surface area (Å²) in [5.74, 6) is -1.25. The van der Waals surface area contributed by atoms with Crippen LogP contribution in [0.15, 0.2) is 41.3 Å². The molecule has 0 spiro atoms. The summed E-state index contributed by atoms with van der Waals surface area (Å²) in [4.78, 5) is 33.7. The van der Waals surface area contributed by atoms with E-state index in [-0.39, 0.29) is 40.7 Å². The molecule has 9 nitrogen and oxygen atoms in total. The van der Waals surface area contributed by atoms with Crippen molar-refractivity contribution < 1.29 is 23.5 Å². The fourth-order valence-electron chi connectivity index (χ4n) is 4.67. The maximum Gasteiger partial charge on any atom is 0.340 e. The lowest BCUT2D eigenvalue weighted by molar-refractivity contribution is -0.123. The van der Waals surface area contributed by atoms with Gasteiger partial charge in [-0.3, -0.25) is 4.79 Å². The molecule has 0 bridgehead atoms. The van der Waals surface area contributed by atoms with Gasteiger partial charge in [0.25, 0.3) is 0 Å². The van der Waals surface area contributed by atoms with Crippen molar-refractivity contribution in [2.45, 2.75) is 59.0 Å². The molecular formula is C27H31BrFN5O4. The van der Waals surface area contributed by atoms with Crippen LogP contribution in [0.4, 0.5) is 10.1 Å². The van der Waals surface area contributed by atoms with Crippen molar-refractivity contribution in [2.24, 2.45) is 11.8 Å². The zero-order chi connectivity index (χ0) is 27.4. The van der Waals surface area contributed by atoms with E-state index in [2.05, 4.69) is 38.0 Å². The molecule has 0 atom stereocenters. The van der Waals surface area contributed by atoms with Crippen molar-refractivity contribution in [3.05, 3.63) is 58.2 Å². The van der Waals surface area contributed by atoms with Gasteiger partial charge in [-0.15, -0.1) is 0 Å². The van der Waals surface area contributed by atoms with Gasteiger partial charge in [0.2, 0.25) is 11.8 Å². The van der Waals surface area contributed by atoms with Crippen LogP contribution in [0.3, 0.4) is 0 Å². The van der Waals surface area contributed by atoms with Gasteiger partial charge >= 0.3 is 5.97 Å². The van der Waals surface area contributed by atoms with Crippen LogP contribution in [0.25, 0.3) is 0 Å². The molecule has 0 radical (unpaired) electrons. The third-order valence-corrected chi connectivity index (χ3v) is 7.26. The Morgan fingerprint density at radius 1 is 1.16 bits per heavy atom. The number of hydrogen-bond acceptors (Lipinski definition) is 7. The molecule has 1 aliphatic carbocycles. The summed E-state index contributed by atoms with van der Waals surface area (Å²) >= 11 is 3.41. The van der Waals surface area contributed by atoms with Gasteiger partial charge in [-0.2, -0.15) is 15.0 Å². The zero-order valence-corrected chi connectivity index (χ0v) is 23.4. The molecule has 1 saturated carbocycles. The topological polar surface area (TPSA) is 99.4 Å². The van der Waals surface area contributed by atoms with E-state index in [1.54, 1.807) is 24.7 Å². The van der Waals surface area contributed by atoms with Gasteiger partial charge in [0.05, 0.1) is 41.8 Å². The minimum Gasteiger partial charge on any atom is -0.465 e. The van der Waals surface area contributed by atoms with E-state index >= 15 is 4.39 Å². The van der Waals surface area contributed by atoms with E-state index in [1.165, 1.54) is 22.9 Å². The maximum atomic E-state index is 15.4. The van der Waals surface area contributed by atoms with Gasteiger partial charge in [-0.25, -0.2) is 14.2 Å². The Hall–Kier alpha value is -3.34. The Kier molecular flexibility index (Phi) is 8.76. The number of hydrogen-bond donors (Lipinski definition) is 0. The average Bonchev–Trinajstić information content (AvgIpc) is 3.39. The van der Waals surface area contributed by atoms with Gasteiger partial charge in [0.1, 0.15) is 0 Å². The number of amides is 1. The molecular weight excluding hydrogens is 557 g/mol. The number of carbonyl (C=O) groups is 2. The number of benzene rings is 1. The molecule has 2 heterocycles. The molecule has 1 aliphatic rings. The first-order valence-electron chi connectivity index (χ1n) is 12.6. The second kappa shape index (κ2) is 12.0. The molecule has 202 valence electrons. The largest absolute Gasteiger partial charge is 0.465 e. The summed E-state index contributed by atoms with van der Waals surface area (Å²) in [5.41, 5.74) is 0.997. The quantitative estimate of drug-likeness (QED) is 0.308. The number of halogens is 2.